The van der Waals surface area contributed by atoms with Crippen molar-refractivity contribution in [1.82, 2.24) is 4.31 Å². The summed E-state index contributed by atoms with van der Waals surface area (Å²) >= 11 is 0. The summed E-state index contributed by atoms with van der Waals surface area (Å²) in [5.74, 6) is -1.09. The first-order chi connectivity index (χ1) is 11.9. The maximum Gasteiger partial charge on any atom is 0.330 e. The molecule has 0 radical (unpaired) electrons. The molecule has 0 unspecified atom stereocenters. The molecule has 1 aromatic rings. The molecular formula is C17H22N2O5S. The first-order valence-electron chi connectivity index (χ1n) is 8.13. The molecule has 1 fully saturated rings. The zero-order valence-corrected chi connectivity index (χ0v) is 14.9. The first-order valence-corrected chi connectivity index (χ1v) is 9.57. The number of carbonyl (C=O) groups is 2. The van der Waals surface area contributed by atoms with Crippen molar-refractivity contribution in [2.75, 3.05) is 25.0 Å². The van der Waals surface area contributed by atoms with E-state index in [0.717, 1.165) is 19.3 Å². The molecule has 8 heteroatoms. The lowest BCUT2D eigenvalue weighted by atomic mass is 10.2. The van der Waals surface area contributed by atoms with Gasteiger partial charge in [-0.2, -0.15) is 4.31 Å². The van der Waals surface area contributed by atoms with Gasteiger partial charge in [-0.1, -0.05) is 12.5 Å². The SMILES string of the molecule is C/C=C/C(=O)OCC(=O)Nc1ccc(S(=O)(=O)N2CCCCC2)cc1. The quantitative estimate of drug-likeness (QED) is 0.613. The molecule has 0 spiro atoms. The summed E-state index contributed by atoms with van der Waals surface area (Å²) in [6, 6.07) is 5.96. The molecule has 1 saturated heterocycles. The maximum atomic E-state index is 12.5. The van der Waals surface area contributed by atoms with Gasteiger partial charge in [0, 0.05) is 24.9 Å². The Balaban J connectivity index is 1.95. The van der Waals surface area contributed by atoms with Crippen molar-refractivity contribution < 1.29 is 22.7 Å². The van der Waals surface area contributed by atoms with Gasteiger partial charge in [0.25, 0.3) is 5.91 Å². The number of hydrogen-bond donors (Lipinski definition) is 1. The minimum Gasteiger partial charge on any atom is -0.452 e. The third-order valence-electron chi connectivity index (χ3n) is 3.74. The van der Waals surface area contributed by atoms with Gasteiger partial charge >= 0.3 is 5.97 Å². The lowest BCUT2D eigenvalue weighted by Gasteiger charge is -2.25. The van der Waals surface area contributed by atoms with Gasteiger partial charge < -0.3 is 10.1 Å². The number of benzene rings is 1. The number of sulfonamides is 1. The molecule has 0 bridgehead atoms. The summed E-state index contributed by atoms with van der Waals surface area (Å²) in [5.41, 5.74) is 0.435. The third kappa shape index (κ3) is 5.40. The Kier molecular flexibility index (Phi) is 6.72. The summed E-state index contributed by atoms with van der Waals surface area (Å²) in [6.07, 6.45) is 5.53. The summed E-state index contributed by atoms with van der Waals surface area (Å²) in [5, 5.41) is 2.55. The van der Waals surface area contributed by atoms with Crippen LogP contribution < -0.4 is 5.32 Å². The van der Waals surface area contributed by atoms with Crippen LogP contribution in [0.2, 0.25) is 0 Å². The Hall–Kier alpha value is -2.19. The van der Waals surface area contributed by atoms with E-state index in [1.54, 1.807) is 6.92 Å². The van der Waals surface area contributed by atoms with Crippen molar-refractivity contribution in [3.05, 3.63) is 36.4 Å². The van der Waals surface area contributed by atoms with Crippen molar-refractivity contribution in [3.8, 4) is 0 Å². The van der Waals surface area contributed by atoms with Crippen LogP contribution in [0.4, 0.5) is 5.69 Å². The van der Waals surface area contributed by atoms with Crippen LogP contribution >= 0.6 is 0 Å². The van der Waals surface area contributed by atoms with Crippen LogP contribution in [0.1, 0.15) is 26.2 Å². The van der Waals surface area contributed by atoms with Gasteiger partial charge in [0.05, 0.1) is 4.90 Å². The van der Waals surface area contributed by atoms with Crippen LogP contribution in [0.5, 0.6) is 0 Å². The molecule has 0 atom stereocenters. The lowest BCUT2D eigenvalue weighted by Crippen LogP contribution is -2.35. The first kappa shape index (κ1) is 19.1. The number of nitrogens with one attached hydrogen (secondary N) is 1. The fourth-order valence-electron chi connectivity index (χ4n) is 2.48. The Morgan fingerprint density at radius 1 is 1.16 bits per heavy atom. The highest BCUT2D eigenvalue weighted by molar-refractivity contribution is 7.89. The summed E-state index contributed by atoms with van der Waals surface area (Å²) in [6.45, 7) is 2.34. The van der Waals surface area contributed by atoms with Crippen molar-refractivity contribution in [2.24, 2.45) is 0 Å². The van der Waals surface area contributed by atoms with Gasteiger partial charge in [0.2, 0.25) is 10.0 Å². The molecule has 136 valence electrons. The van der Waals surface area contributed by atoms with E-state index >= 15 is 0 Å². The van der Waals surface area contributed by atoms with Crippen LogP contribution in [0.15, 0.2) is 41.3 Å². The van der Waals surface area contributed by atoms with Crippen molar-refractivity contribution >= 4 is 27.6 Å². The number of carbonyl (C=O) groups excluding carboxylic acids is 2. The van der Waals surface area contributed by atoms with Crippen molar-refractivity contribution in [1.29, 1.82) is 0 Å². The van der Waals surface area contributed by atoms with Crippen LogP contribution in [0.3, 0.4) is 0 Å². The molecule has 1 aromatic carbocycles. The minimum absolute atomic E-state index is 0.201. The fraction of sp³-hybridized carbons (Fsp3) is 0.412. The summed E-state index contributed by atoms with van der Waals surface area (Å²) < 4.78 is 31.3. The van der Waals surface area contributed by atoms with Gasteiger partial charge in [-0.15, -0.1) is 0 Å². The van der Waals surface area contributed by atoms with E-state index in [-0.39, 0.29) is 4.90 Å². The number of piperidine rings is 1. The summed E-state index contributed by atoms with van der Waals surface area (Å²) in [7, 11) is -3.49. The number of allylic oxidation sites excluding steroid dienone is 1. The monoisotopic (exact) mass is 366 g/mol. The molecule has 0 saturated carbocycles. The predicted octanol–water partition coefficient (Wildman–Crippen LogP) is 1.92. The number of esters is 1. The zero-order chi connectivity index (χ0) is 18.3. The van der Waals surface area contributed by atoms with Crippen molar-refractivity contribution in [2.45, 2.75) is 31.1 Å². The highest BCUT2D eigenvalue weighted by Gasteiger charge is 2.25. The molecule has 1 aliphatic heterocycles. The smallest absolute Gasteiger partial charge is 0.330 e. The van der Waals surface area contributed by atoms with Gasteiger partial charge in [0.15, 0.2) is 6.61 Å². The minimum atomic E-state index is -3.49. The number of anilines is 1. The van der Waals surface area contributed by atoms with Gasteiger partial charge in [-0.3, -0.25) is 4.79 Å². The number of nitrogens with zero attached hydrogens (tertiary/aromatic N) is 1. The zero-order valence-electron chi connectivity index (χ0n) is 14.1. The highest BCUT2D eigenvalue weighted by atomic mass is 32.2. The Bertz CT molecular complexity index is 735. The van der Waals surface area contributed by atoms with E-state index in [2.05, 4.69) is 5.32 Å². The fourth-order valence-corrected chi connectivity index (χ4v) is 4.00. The van der Waals surface area contributed by atoms with Gasteiger partial charge in [-0.05, 0) is 44.0 Å². The normalized spacial score (nSPS) is 15.9. The lowest BCUT2D eigenvalue weighted by molar-refractivity contribution is -0.142. The molecule has 7 nitrogen and oxygen atoms in total. The highest BCUT2D eigenvalue weighted by Crippen LogP contribution is 2.21. The van der Waals surface area contributed by atoms with Gasteiger partial charge in [0.1, 0.15) is 0 Å². The molecule has 2 rings (SSSR count). The molecule has 1 heterocycles. The van der Waals surface area contributed by atoms with E-state index in [9.17, 15) is 18.0 Å². The Labute approximate surface area is 147 Å². The topological polar surface area (TPSA) is 92.8 Å². The molecule has 1 N–H and O–H groups in total. The Morgan fingerprint density at radius 2 is 1.80 bits per heavy atom. The average Bonchev–Trinajstić information content (AvgIpc) is 2.61. The van der Waals surface area contributed by atoms with Crippen LogP contribution in [-0.2, 0) is 24.3 Å². The standard InChI is InChI=1S/C17H22N2O5S/c1-2-6-17(21)24-13-16(20)18-14-7-9-15(10-8-14)25(22,23)19-11-4-3-5-12-19/h2,6-10H,3-5,11-13H2,1H3,(H,18,20)/b6-2+. The van der Waals surface area contributed by atoms with E-state index in [1.165, 1.54) is 40.7 Å². The molecule has 1 aliphatic rings. The predicted molar refractivity (Wildman–Crippen MR) is 93.5 cm³/mol. The number of amides is 1. The second-order valence-corrected chi connectivity index (χ2v) is 7.58. The third-order valence-corrected chi connectivity index (χ3v) is 5.65. The van der Waals surface area contributed by atoms with E-state index < -0.39 is 28.5 Å². The molecule has 1 amide bonds. The summed E-state index contributed by atoms with van der Waals surface area (Å²) in [4.78, 5) is 23.1. The molecule has 0 aromatic heterocycles. The molecular weight excluding hydrogens is 344 g/mol. The number of ether oxygens (including phenoxy) is 1. The number of hydrogen-bond acceptors (Lipinski definition) is 5. The van der Waals surface area contributed by atoms with E-state index in [0.29, 0.717) is 18.8 Å². The van der Waals surface area contributed by atoms with E-state index in [1.807, 2.05) is 0 Å². The second-order valence-electron chi connectivity index (χ2n) is 5.65. The number of rotatable bonds is 6. The van der Waals surface area contributed by atoms with Crippen LogP contribution in [0.25, 0.3) is 0 Å². The average molecular weight is 366 g/mol. The molecule has 25 heavy (non-hydrogen) atoms. The molecule has 0 aliphatic carbocycles. The van der Waals surface area contributed by atoms with Gasteiger partial charge in [-0.25, -0.2) is 13.2 Å². The maximum absolute atomic E-state index is 12.5. The van der Waals surface area contributed by atoms with E-state index in [4.69, 9.17) is 4.74 Å². The Morgan fingerprint density at radius 3 is 2.40 bits per heavy atom. The second kappa shape index (κ2) is 8.77. The van der Waals surface area contributed by atoms with Crippen molar-refractivity contribution in [3.63, 3.8) is 0 Å². The van der Waals surface area contributed by atoms with Crippen LogP contribution in [-0.4, -0.2) is 44.3 Å². The van der Waals surface area contributed by atoms with Crippen LogP contribution in [0, 0.1) is 0 Å². The largest absolute Gasteiger partial charge is 0.452 e.